The molecule has 1 N–H and O–H groups in total. The SMILES string of the molecule is COc1cc(CN2CCN(Cc3cccc(C(C)=O)c3)C[C@@H]2CCO)cc(OC)c1. The fourth-order valence-electron chi connectivity index (χ4n) is 4.07. The molecule has 0 spiro atoms. The van der Waals surface area contributed by atoms with Crippen LogP contribution in [0.5, 0.6) is 11.5 Å². The summed E-state index contributed by atoms with van der Waals surface area (Å²) in [6.45, 7) is 6.09. The van der Waals surface area contributed by atoms with Crippen molar-refractivity contribution in [2.45, 2.75) is 32.5 Å². The molecule has 1 aliphatic rings. The number of hydrogen-bond donors (Lipinski definition) is 1. The maximum Gasteiger partial charge on any atom is 0.159 e. The Balaban J connectivity index is 1.68. The number of nitrogens with zero attached hydrogens (tertiary/aromatic N) is 2. The average molecular weight is 413 g/mol. The Labute approximate surface area is 179 Å². The van der Waals surface area contributed by atoms with Crippen molar-refractivity contribution in [2.75, 3.05) is 40.5 Å². The van der Waals surface area contributed by atoms with Gasteiger partial charge in [-0.3, -0.25) is 14.6 Å². The van der Waals surface area contributed by atoms with Gasteiger partial charge in [0.25, 0.3) is 0 Å². The van der Waals surface area contributed by atoms with E-state index in [9.17, 15) is 9.90 Å². The van der Waals surface area contributed by atoms with Crippen molar-refractivity contribution in [3.8, 4) is 11.5 Å². The van der Waals surface area contributed by atoms with E-state index in [1.54, 1.807) is 21.1 Å². The van der Waals surface area contributed by atoms with Crippen LogP contribution in [0.4, 0.5) is 0 Å². The zero-order chi connectivity index (χ0) is 21.5. The Morgan fingerprint density at radius 1 is 1.03 bits per heavy atom. The van der Waals surface area contributed by atoms with Crippen molar-refractivity contribution < 1.29 is 19.4 Å². The van der Waals surface area contributed by atoms with Gasteiger partial charge in [-0.15, -0.1) is 0 Å². The predicted octanol–water partition coefficient (Wildman–Crippen LogP) is 2.98. The zero-order valence-corrected chi connectivity index (χ0v) is 18.1. The lowest BCUT2D eigenvalue weighted by Gasteiger charge is -2.41. The molecule has 30 heavy (non-hydrogen) atoms. The van der Waals surface area contributed by atoms with Crippen molar-refractivity contribution in [3.05, 3.63) is 59.2 Å². The largest absolute Gasteiger partial charge is 0.497 e. The molecule has 0 saturated carbocycles. The van der Waals surface area contributed by atoms with Gasteiger partial charge in [-0.05, 0) is 42.7 Å². The van der Waals surface area contributed by atoms with Crippen LogP contribution < -0.4 is 9.47 Å². The summed E-state index contributed by atoms with van der Waals surface area (Å²) in [5.74, 6) is 1.66. The fraction of sp³-hybridized carbons (Fsp3) is 0.458. The first-order valence-electron chi connectivity index (χ1n) is 10.4. The molecule has 0 aliphatic carbocycles. The Kier molecular flexibility index (Phi) is 7.85. The van der Waals surface area contributed by atoms with Crippen LogP contribution in [0.25, 0.3) is 0 Å². The molecule has 0 unspecified atom stereocenters. The number of carbonyl (C=O) groups excluding carboxylic acids is 1. The molecular formula is C24H32N2O4. The van der Waals surface area contributed by atoms with Crippen LogP contribution in [0.1, 0.15) is 34.8 Å². The second-order valence-electron chi connectivity index (χ2n) is 7.85. The van der Waals surface area contributed by atoms with E-state index < -0.39 is 0 Å². The highest BCUT2D eigenvalue weighted by atomic mass is 16.5. The first-order valence-corrected chi connectivity index (χ1v) is 10.4. The number of aliphatic hydroxyl groups excluding tert-OH is 1. The molecular weight excluding hydrogens is 380 g/mol. The maximum absolute atomic E-state index is 11.7. The lowest BCUT2D eigenvalue weighted by molar-refractivity contribution is 0.0499. The Hall–Kier alpha value is -2.41. The average Bonchev–Trinajstić information content (AvgIpc) is 2.75. The van der Waals surface area contributed by atoms with Crippen molar-refractivity contribution >= 4 is 5.78 Å². The van der Waals surface area contributed by atoms with Crippen LogP contribution in [-0.2, 0) is 13.1 Å². The van der Waals surface area contributed by atoms with E-state index >= 15 is 0 Å². The standard InChI is InChI=1S/C24H32N2O4/c1-18(28)21-6-4-5-19(11-21)15-25-8-9-26(22(17-25)7-10-27)16-20-12-23(29-2)14-24(13-20)30-3/h4-6,11-14,22,27H,7-10,15-17H2,1-3H3/t22-/m0/s1. The van der Waals surface area contributed by atoms with Gasteiger partial charge in [0.2, 0.25) is 0 Å². The molecule has 162 valence electrons. The van der Waals surface area contributed by atoms with Crippen LogP contribution in [0.3, 0.4) is 0 Å². The number of hydrogen-bond acceptors (Lipinski definition) is 6. The molecule has 1 aliphatic heterocycles. The molecule has 1 fully saturated rings. The highest BCUT2D eigenvalue weighted by molar-refractivity contribution is 5.94. The van der Waals surface area contributed by atoms with Crippen LogP contribution in [-0.4, -0.2) is 67.2 Å². The van der Waals surface area contributed by atoms with Gasteiger partial charge in [0, 0.05) is 57.0 Å². The summed E-state index contributed by atoms with van der Waals surface area (Å²) in [4.78, 5) is 16.5. The molecule has 0 radical (unpaired) electrons. The molecule has 3 rings (SSSR count). The number of ketones is 1. The molecule has 1 heterocycles. The molecule has 2 aromatic carbocycles. The van der Waals surface area contributed by atoms with Gasteiger partial charge in [0.1, 0.15) is 11.5 Å². The number of rotatable bonds is 9. The van der Waals surface area contributed by atoms with Crippen molar-refractivity contribution in [3.63, 3.8) is 0 Å². The number of aliphatic hydroxyl groups is 1. The van der Waals surface area contributed by atoms with Gasteiger partial charge in [0.05, 0.1) is 14.2 Å². The number of benzene rings is 2. The normalized spacial score (nSPS) is 17.7. The van der Waals surface area contributed by atoms with E-state index in [0.717, 1.165) is 67.3 Å². The minimum Gasteiger partial charge on any atom is -0.497 e. The Bertz CT molecular complexity index is 833. The van der Waals surface area contributed by atoms with Gasteiger partial charge in [-0.25, -0.2) is 0 Å². The van der Waals surface area contributed by atoms with E-state index in [4.69, 9.17) is 9.47 Å². The molecule has 6 nitrogen and oxygen atoms in total. The van der Waals surface area contributed by atoms with Gasteiger partial charge in [0.15, 0.2) is 5.78 Å². The second-order valence-corrected chi connectivity index (χ2v) is 7.85. The number of Topliss-reactive ketones (excluding diaryl/α,β-unsaturated/α-hetero) is 1. The van der Waals surface area contributed by atoms with E-state index in [-0.39, 0.29) is 18.4 Å². The summed E-state index contributed by atoms with van der Waals surface area (Å²) in [5.41, 5.74) is 3.04. The molecule has 2 aromatic rings. The highest BCUT2D eigenvalue weighted by Crippen LogP contribution is 2.25. The lowest BCUT2D eigenvalue weighted by atomic mass is 10.0. The van der Waals surface area contributed by atoms with E-state index in [0.29, 0.717) is 0 Å². The Morgan fingerprint density at radius 3 is 2.40 bits per heavy atom. The zero-order valence-electron chi connectivity index (χ0n) is 18.1. The third kappa shape index (κ3) is 5.81. The summed E-state index contributed by atoms with van der Waals surface area (Å²) in [5, 5.41) is 9.62. The smallest absolute Gasteiger partial charge is 0.159 e. The lowest BCUT2D eigenvalue weighted by Crippen LogP contribution is -2.52. The van der Waals surface area contributed by atoms with Gasteiger partial charge in [-0.1, -0.05) is 18.2 Å². The molecule has 0 amide bonds. The first-order chi connectivity index (χ1) is 14.5. The number of piperazine rings is 1. The second kappa shape index (κ2) is 10.6. The third-order valence-corrected chi connectivity index (χ3v) is 5.69. The molecule has 6 heteroatoms. The van der Waals surface area contributed by atoms with Gasteiger partial charge < -0.3 is 14.6 Å². The fourth-order valence-corrected chi connectivity index (χ4v) is 4.07. The van der Waals surface area contributed by atoms with Gasteiger partial charge >= 0.3 is 0 Å². The summed E-state index contributed by atoms with van der Waals surface area (Å²) < 4.78 is 10.8. The monoisotopic (exact) mass is 412 g/mol. The number of methoxy groups -OCH3 is 2. The third-order valence-electron chi connectivity index (χ3n) is 5.69. The van der Waals surface area contributed by atoms with Crippen LogP contribution in [0, 0.1) is 0 Å². The van der Waals surface area contributed by atoms with E-state index in [1.807, 2.05) is 36.4 Å². The van der Waals surface area contributed by atoms with Crippen LogP contribution >= 0.6 is 0 Å². The van der Waals surface area contributed by atoms with Crippen molar-refractivity contribution in [2.24, 2.45) is 0 Å². The molecule has 1 saturated heterocycles. The quantitative estimate of drug-likeness (QED) is 0.639. The molecule has 0 aromatic heterocycles. The van der Waals surface area contributed by atoms with Crippen molar-refractivity contribution in [1.29, 1.82) is 0 Å². The van der Waals surface area contributed by atoms with Gasteiger partial charge in [-0.2, -0.15) is 0 Å². The van der Waals surface area contributed by atoms with E-state index in [2.05, 4.69) is 15.9 Å². The summed E-state index contributed by atoms with van der Waals surface area (Å²) >= 11 is 0. The van der Waals surface area contributed by atoms with E-state index in [1.165, 1.54) is 0 Å². The van der Waals surface area contributed by atoms with Crippen LogP contribution in [0.2, 0.25) is 0 Å². The topological polar surface area (TPSA) is 62.2 Å². The summed E-state index contributed by atoms with van der Waals surface area (Å²) in [6.07, 6.45) is 0.727. The minimum absolute atomic E-state index is 0.0912. The first kappa shape index (κ1) is 22.3. The molecule has 1 atom stereocenters. The van der Waals surface area contributed by atoms with Crippen LogP contribution in [0.15, 0.2) is 42.5 Å². The molecule has 0 bridgehead atoms. The Morgan fingerprint density at radius 2 is 1.77 bits per heavy atom. The highest BCUT2D eigenvalue weighted by Gasteiger charge is 2.27. The van der Waals surface area contributed by atoms with Crippen molar-refractivity contribution in [1.82, 2.24) is 9.80 Å². The number of ether oxygens (including phenoxy) is 2. The number of carbonyl (C=O) groups is 1. The summed E-state index contributed by atoms with van der Waals surface area (Å²) in [7, 11) is 3.32. The summed E-state index contributed by atoms with van der Waals surface area (Å²) in [6, 6.07) is 14.1. The predicted molar refractivity (Wildman–Crippen MR) is 117 cm³/mol. The minimum atomic E-state index is 0.0912. The maximum atomic E-state index is 11.7.